The Morgan fingerprint density at radius 2 is 1.88 bits per heavy atom. The summed E-state index contributed by atoms with van der Waals surface area (Å²) in [6.07, 6.45) is 1.03. The minimum Gasteiger partial charge on any atom is -0.497 e. The molecule has 0 atom stereocenters. The number of nitrogens with one attached hydrogen (secondary N) is 2. The highest BCUT2D eigenvalue weighted by atomic mass is 35.5. The standard InChI is InChI=1S/C19H23ClN2O2S2/c1-23-16-8-9-17(18(12-16)24-2)22-19(25)21-10-3-11-26-13-14-4-6-15(20)7-5-14/h4-9,12H,3,10-11,13H2,1-2H3,(H2,21,22,25). The van der Waals surface area contributed by atoms with Crippen LogP contribution in [0.2, 0.25) is 5.02 Å². The molecule has 0 aliphatic heterocycles. The smallest absolute Gasteiger partial charge is 0.170 e. The quantitative estimate of drug-likeness (QED) is 0.449. The number of thioether (sulfide) groups is 1. The molecule has 0 bridgehead atoms. The molecule has 0 spiro atoms. The zero-order valence-corrected chi connectivity index (χ0v) is 17.3. The Kier molecular flexibility index (Phi) is 8.88. The first kappa shape index (κ1) is 20.7. The topological polar surface area (TPSA) is 42.5 Å². The fourth-order valence-electron chi connectivity index (χ4n) is 2.22. The number of ether oxygens (including phenoxy) is 2. The lowest BCUT2D eigenvalue weighted by Gasteiger charge is -2.14. The van der Waals surface area contributed by atoms with Crippen LogP contribution in [0.5, 0.6) is 11.5 Å². The summed E-state index contributed by atoms with van der Waals surface area (Å²) in [5, 5.41) is 7.73. The van der Waals surface area contributed by atoms with E-state index in [0.717, 1.165) is 40.9 Å². The van der Waals surface area contributed by atoms with Crippen molar-refractivity contribution in [3.05, 3.63) is 53.1 Å². The van der Waals surface area contributed by atoms with Crippen molar-refractivity contribution < 1.29 is 9.47 Å². The summed E-state index contributed by atoms with van der Waals surface area (Å²) in [5.74, 6) is 3.48. The molecule has 0 heterocycles. The van der Waals surface area contributed by atoms with Gasteiger partial charge in [0.15, 0.2) is 5.11 Å². The number of halogens is 1. The van der Waals surface area contributed by atoms with Gasteiger partial charge >= 0.3 is 0 Å². The van der Waals surface area contributed by atoms with Gasteiger partial charge in [0.2, 0.25) is 0 Å². The first-order valence-corrected chi connectivity index (χ1v) is 10.2. The second kappa shape index (κ2) is 11.2. The zero-order valence-electron chi connectivity index (χ0n) is 14.9. The fraction of sp³-hybridized carbons (Fsp3) is 0.316. The summed E-state index contributed by atoms with van der Waals surface area (Å²) in [6.45, 7) is 0.817. The van der Waals surface area contributed by atoms with Gasteiger partial charge in [0.05, 0.1) is 19.9 Å². The third-order valence-electron chi connectivity index (χ3n) is 3.59. The van der Waals surface area contributed by atoms with E-state index in [-0.39, 0.29) is 0 Å². The van der Waals surface area contributed by atoms with Crippen LogP contribution in [0.15, 0.2) is 42.5 Å². The third kappa shape index (κ3) is 6.94. The van der Waals surface area contributed by atoms with Crippen LogP contribution in [0, 0.1) is 0 Å². The number of rotatable bonds is 9. The zero-order chi connectivity index (χ0) is 18.8. The number of benzene rings is 2. The summed E-state index contributed by atoms with van der Waals surface area (Å²) >= 11 is 13.1. The Labute approximate surface area is 169 Å². The SMILES string of the molecule is COc1ccc(NC(=S)NCCCSCc2ccc(Cl)cc2)c(OC)c1. The van der Waals surface area contributed by atoms with Crippen molar-refractivity contribution in [2.75, 3.05) is 31.8 Å². The van der Waals surface area contributed by atoms with Crippen molar-refractivity contribution in [2.24, 2.45) is 0 Å². The maximum Gasteiger partial charge on any atom is 0.170 e. The van der Waals surface area contributed by atoms with Crippen molar-refractivity contribution in [2.45, 2.75) is 12.2 Å². The minimum absolute atomic E-state index is 0.580. The van der Waals surface area contributed by atoms with E-state index in [4.69, 9.17) is 33.3 Å². The van der Waals surface area contributed by atoms with Crippen LogP contribution in [0.25, 0.3) is 0 Å². The number of hydrogen-bond acceptors (Lipinski definition) is 4. The van der Waals surface area contributed by atoms with Crippen LogP contribution in [-0.4, -0.2) is 31.6 Å². The molecular formula is C19H23ClN2O2S2. The average Bonchev–Trinajstić information content (AvgIpc) is 2.66. The van der Waals surface area contributed by atoms with Crippen LogP contribution >= 0.6 is 35.6 Å². The molecule has 4 nitrogen and oxygen atoms in total. The first-order chi connectivity index (χ1) is 12.6. The molecule has 2 aromatic rings. The van der Waals surface area contributed by atoms with Gasteiger partial charge in [-0.1, -0.05) is 23.7 Å². The van der Waals surface area contributed by atoms with E-state index >= 15 is 0 Å². The molecule has 0 aliphatic rings. The van der Waals surface area contributed by atoms with Crippen molar-refractivity contribution >= 4 is 46.4 Å². The van der Waals surface area contributed by atoms with Crippen molar-refractivity contribution in [3.8, 4) is 11.5 Å². The molecule has 7 heteroatoms. The number of anilines is 1. The summed E-state index contributed by atoms with van der Waals surface area (Å²) in [6, 6.07) is 13.5. The predicted octanol–water partition coefficient (Wildman–Crippen LogP) is 4.97. The maximum atomic E-state index is 5.89. The lowest BCUT2D eigenvalue weighted by molar-refractivity contribution is 0.395. The minimum atomic E-state index is 0.580. The molecule has 2 rings (SSSR count). The molecule has 0 aliphatic carbocycles. The molecule has 0 fully saturated rings. The van der Waals surface area contributed by atoms with Gasteiger partial charge < -0.3 is 20.1 Å². The lowest BCUT2D eigenvalue weighted by atomic mass is 10.2. The summed E-state index contributed by atoms with van der Waals surface area (Å²) in [4.78, 5) is 0. The van der Waals surface area contributed by atoms with Crippen LogP contribution in [-0.2, 0) is 5.75 Å². The second-order valence-electron chi connectivity index (χ2n) is 5.48. The molecule has 26 heavy (non-hydrogen) atoms. The Morgan fingerprint density at radius 3 is 2.58 bits per heavy atom. The van der Waals surface area contributed by atoms with E-state index in [1.807, 2.05) is 42.1 Å². The molecule has 0 saturated carbocycles. The Bertz CT molecular complexity index is 711. The molecule has 140 valence electrons. The van der Waals surface area contributed by atoms with Crippen LogP contribution in [0.3, 0.4) is 0 Å². The predicted molar refractivity (Wildman–Crippen MR) is 116 cm³/mol. The third-order valence-corrected chi connectivity index (χ3v) is 5.20. The molecule has 0 radical (unpaired) electrons. The maximum absolute atomic E-state index is 5.89. The van der Waals surface area contributed by atoms with Crippen LogP contribution < -0.4 is 20.1 Å². The molecule has 0 aromatic heterocycles. The Hall–Kier alpha value is -1.63. The van der Waals surface area contributed by atoms with Crippen molar-refractivity contribution in [1.82, 2.24) is 5.32 Å². The van der Waals surface area contributed by atoms with E-state index in [9.17, 15) is 0 Å². The van der Waals surface area contributed by atoms with E-state index in [2.05, 4.69) is 22.8 Å². The highest BCUT2D eigenvalue weighted by Crippen LogP contribution is 2.28. The van der Waals surface area contributed by atoms with Gasteiger partial charge in [0, 0.05) is 23.4 Å². The molecule has 0 amide bonds. The van der Waals surface area contributed by atoms with E-state index in [0.29, 0.717) is 10.9 Å². The molecule has 2 N–H and O–H groups in total. The molecule has 0 saturated heterocycles. The van der Waals surface area contributed by atoms with Gasteiger partial charge in [0.25, 0.3) is 0 Å². The van der Waals surface area contributed by atoms with Crippen LogP contribution in [0.4, 0.5) is 5.69 Å². The Morgan fingerprint density at radius 1 is 1.12 bits per heavy atom. The van der Waals surface area contributed by atoms with Gasteiger partial charge in [-0.05, 0) is 54.2 Å². The summed E-state index contributed by atoms with van der Waals surface area (Å²) < 4.78 is 10.5. The number of methoxy groups -OCH3 is 2. The van der Waals surface area contributed by atoms with Gasteiger partial charge in [-0.25, -0.2) is 0 Å². The van der Waals surface area contributed by atoms with Gasteiger partial charge in [-0.15, -0.1) is 0 Å². The number of thiocarbonyl (C=S) groups is 1. The highest BCUT2D eigenvalue weighted by Gasteiger charge is 2.06. The average molecular weight is 411 g/mol. The van der Waals surface area contributed by atoms with E-state index < -0.39 is 0 Å². The molecule has 2 aromatic carbocycles. The largest absolute Gasteiger partial charge is 0.497 e. The molecular weight excluding hydrogens is 388 g/mol. The Balaban J connectivity index is 1.65. The van der Waals surface area contributed by atoms with Gasteiger partial charge in [-0.2, -0.15) is 11.8 Å². The number of hydrogen-bond donors (Lipinski definition) is 2. The van der Waals surface area contributed by atoms with Gasteiger partial charge in [-0.3, -0.25) is 0 Å². The second-order valence-corrected chi connectivity index (χ2v) is 7.43. The van der Waals surface area contributed by atoms with E-state index in [1.54, 1.807) is 14.2 Å². The lowest BCUT2D eigenvalue weighted by Crippen LogP contribution is -2.29. The normalized spacial score (nSPS) is 10.3. The van der Waals surface area contributed by atoms with E-state index in [1.165, 1.54) is 5.56 Å². The molecule has 0 unspecified atom stereocenters. The highest BCUT2D eigenvalue weighted by molar-refractivity contribution is 7.98. The van der Waals surface area contributed by atoms with Crippen LogP contribution in [0.1, 0.15) is 12.0 Å². The summed E-state index contributed by atoms with van der Waals surface area (Å²) in [7, 11) is 3.24. The van der Waals surface area contributed by atoms with Gasteiger partial charge in [0.1, 0.15) is 11.5 Å². The van der Waals surface area contributed by atoms with Crippen molar-refractivity contribution in [3.63, 3.8) is 0 Å². The first-order valence-electron chi connectivity index (χ1n) is 8.21. The van der Waals surface area contributed by atoms with Crippen molar-refractivity contribution in [1.29, 1.82) is 0 Å². The monoisotopic (exact) mass is 410 g/mol. The fourth-order valence-corrected chi connectivity index (χ4v) is 3.47. The summed E-state index contributed by atoms with van der Waals surface area (Å²) in [5.41, 5.74) is 2.10.